The Morgan fingerprint density at radius 1 is 1.12 bits per heavy atom. The Bertz CT molecular complexity index is 1090. The predicted octanol–water partition coefficient (Wildman–Crippen LogP) is 3.92. The lowest BCUT2D eigenvalue weighted by Gasteiger charge is -2.10. The van der Waals surface area contributed by atoms with E-state index in [0.29, 0.717) is 17.3 Å². The molecule has 0 aliphatic rings. The first-order chi connectivity index (χ1) is 12.7. The molecule has 130 valence electrons. The molecular weight excluding hydrogens is 333 g/mol. The number of para-hydroxylation sites is 1. The Morgan fingerprint density at radius 3 is 2.81 bits per heavy atom. The van der Waals surface area contributed by atoms with Crippen LogP contribution in [0.3, 0.4) is 0 Å². The van der Waals surface area contributed by atoms with Crippen molar-refractivity contribution in [3.63, 3.8) is 0 Å². The number of benzene rings is 2. The van der Waals surface area contributed by atoms with Gasteiger partial charge in [0.1, 0.15) is 11.4 Å². The van der Waals surface area contributed by atoms with Gasteiger partial charge in [0.15, 0.2) is 5.82 Å². The van der Waals surface area contributed by atoms with Gasteiger partial charge in [-0.2, -0.15) is 5.10 Å². The van der Waals surface area contributed by atoms with Crippen molar-refractivity contribution in [2.45, 2.75) is 0 Å². The fourth-order valence-corrected chi connectivity index (χ4v) is 2.81. The molecule has 0 fully saturated rings. The lowest BCUT2D eigenvalue weighted by atomic mass is 10.1. The number of anilines is 2. The Kier molecular flexibility index (Phi) is 3.96. The van der Waals surface area contributed by atoms with Gasteiger partial charge in [0.05, 0.1) is 25.0 Å². The van der Waals surface area contributed by atoms with E-state index in [1.165, 1.54) is 0 Å². The third kappa shape index (κ3) is 2.83. The summed E-state index contributed by atoms with van der Waals surface area (Å²) in [5, 5.41) is 8.37. The zero-order valence-electron chi connectivity index (χ0n) is 14.3. The first kappa shape index (κ1) is 16.0. The Labute approximate surface area is 149 Å². The molecule has 4 rings (SSSR count). The van der Waals surface area contributed by atoms with Crippen molar-refractivity contribution in [2.24, 2.45) is 7.05 Å². The van der Waals surface area contributed by atoms with Crippen LogP contribution in [0.4, 0.5) is 16.0 Å². The fraction of sp³-hybridized carbons (Fsp3) is 0.105. The number of hydrogen-bond donors (Lipinski definition) is 1. The highest BCUT2D eigenvalue weighted by atomic mass is 19.1. The van der Waals surface area contributed by atoms with Crippen LogP contribution in [-0.2, 0) is 7.05 Å². The van der Waals surface area contributed by atoms with Crippen LogP contribution in [0, 0.1) is 5.82 Å². The standard InChI is InChI=1S/C19H16FN5O/c1-25-16-9-13(8-7-12(16)10-22-25)23-19-21-11-15(20)18(24-19)14-5-3-4-6-17(14)26-2/h3-11H,1-2H3,(H,21,23,24). The van der Waals surface area contributed by atoms with Crippen molar-refractivity contribution in [1.82, 2.24) is 19.7 Å². The van der Waals surface area contributed by atoms with Crippen LogP contribution in [-0.4, -0.2) is 26.9 Å². The minimum absolute atomic E-state index is 0.182. The molecule has 4 aromatic rings. The molecule has 0 bridgehead atoms. The van der Waals surface area contributed by atoms with Gasteiger partial charge in [-0.1, -0.05) is 12.1 Å². The molecule has 0 atom stereocenters. The second-order valence-electron chi connectivity index (χ2n) is 5.76. The number of hydrogen-bond acceptors (Lipinski definition) is 5. The maximum atomic E-state index is 14.3. The Balaban J connectivity index is 1.72. The zero-order chi connectivity index (χ0) is 18.1. The summed E-state index contributed by atoms with van der Waals surface area (Å²) in [4.78, 5) is 8.38. The lowest BCUT2D eigenvalue weighted by Crippen LogP contribution is -2.01. The van der Waals surface area contributed by atoms with E-state index in [0.717, 1.165) is 22.8 Å². The van der Waals surface area contributed by atoms with E-state index in [1.54, 1.807) is 30.1 Å². The minimum atomic E-state index is -0.512. The summed E-state index contributed by atoms with van der Waals surface area (Å²) in [5.41, 5.74) is 2.52. The maximum Gasteiger partial charge on any atom is 0.227 e. The molecule has 0 amide bonds. The molecule has 0 spiro atoms. The van der Waals surface area contributed by atoms with Crippen LogP contribution >= 0.6 is 0 Å². The van der Waals surface area contributed by atoms with Gasteiger partial charge in [-0.3, -0.25) is 4.68 Å². The molecule has 26 heavy (non-hydrogen) atoms. The van der Waals surface area contributed by atoms with E-state index < -0.39 is 5.82 Å². The zero-order valence-corrected chi connectivity index (χ0v) is 14.3. The predicted molar refractivity (Wildman–Crippen MR) is 98.0 cm³/mol. The van der Waals surface area contributed by atoms with Crippen LogP contribution in [0.15, 0.2) is 54.9 Å². The maximum absolute atomic E-state index is 14.3. The monoisotopic (exact) mass is 349 g/mol. The van der Waals surface area contributed by atoms with Crippen molar-refractivity contribution in [3.05, 3.63) is 60.7 Å². The highest BCUT2D eigenvalue weighted by Crippen LogP contribution is 2.30. The summed E-state index contributed by atoms with van der Waals surface area (Å²) in [5.74, 6) is 0.336. The minimum Gasteiger partial charge on any atom is -0.496 e. The van der Waals surface area contributed by atoms with Crippen LogP contribution in [0.5, 0.6) is 5.75 Å². The Morgan fingerprint density at radius 2 is 1.96 bits per heavy atom. The second-order valence-corrected chi connectivity index (χ2v) is 5.76. The smallest absolute Gasteiger partial charge is 0.227 e. The van der Waals surface area contributed by atoms with Crippen molar-refractivity contribution in [2.75, 3.05) is 12.4 Å². The summed E-state index contributed by atoms with van der Waals surface area (Å²) in [6.07, 6.45) is 2.95. The average molecular weight is 349 g/mol. The molecule has 2 heterocycles. The van der Waals surface area contributed by atoms with E-state index in [9.17, 15) is 4.39 Å². The number of aromatic nitrogens is 4. The molecule has 0 saturated carbocycles. The molecule has 2 aromatic heterocycles. The SMILES string of the molecule is COc1ccccc1-c1nc(Nc2ccc3cnn(C)c3c2)ncc1F. The van der Waals surface area contributed by atoms with Crippen LogP contribution in [0.25, 0.3) is 22.2 Å². The van der Waals surface area contributed by atoms with Gasteiger partial charge in [0.25, 0.3) is 0 Å². The first-order valence-electron chi connectivity index (χ1n) is 8.00. The normalized spacial score (nSPS) is 10.9. The number of aryl methyl sites for hydroxylation is 1. The van der Waals surface area contributed by atoms with Gasteiger partial charge >= 0.3 is 0 Å². The lowest BCUT2D eigenvalue weighted by molar-refractivity contribution is 0.416. The molecule has 0 aliphatic carbocycles. The van der Waals surface area contributed by atoms with E-state index >= 15 is 0 Å². The number of fused-ring (bicyclic) bond motifs is 1. The van der Waals surface area contributed by atoms with Crippen molar-refractivity contribution < 1.29 is 9.13 Å². The number of nitrogens with one attached hydrogen (secondary N) is 1. The van der Waals surface area contributed by atoms with Crippen molar-refractivity contribution in [1.29, 1.82) is 0 Å². The topological polar surface area (TPSA) is 64.9 Å². The molecule has 0 unspecified atom stereocenters. The third-order valence-electron chi connectivity index (χ3n) is 4.11. The summed E-state index contributed by atoms with van der Waals surface area (Å²) >= 11 is 0. The van der Waals surface area contributed by atoms with Crippen LogP contribution in [0.2, 0.25) is 0 Å². The molecule has 7 heteroatoms. The third-order valence-corrected chi connectivity index (χ3v) is 4.11. The average Bonchev–Trinajstić information content (AvgIpc) is 3.04. The first-order valence-corrected chi connectivity index (χ1v) is 8.00. The summed E-state index contributed by atoms with van der Waals surface area (Å²) in [6.45, 7) is 0. The number of rotatable bonds is 4. The molecule has 0 saturated heterocycles. The van der Waals surface area contributed by atoms with Gasteiger partial charge in [0.2, 0.25) is 5.95 Å². The summed E-state index contributed by atoms with van der Waals surface area (Å²) in [6, 6.07) is 13.0. The summed E-state index contributed by atoms with van der Waals surface area (Å²) in [7, 11) is 3.42. The largest absolute Gasteiger partial charge is 0.496 e. The number of nitrogens with zero attached hydrogens (tertiary/aromatic N) is 4. The second kappa shape index (κ2) is 6.44. The van der Waals surface area contributed by atoms with Crippen LogP contribution < -0.4 is 10.1 Å². The molecule has 0 aliphatic heterocycles. The number of ether oxygens (including phenoxy) is 1. The van der Waals surface area contributed by atoms with Gasteiger partial charge in [0, 0.05) is 23.7 Å². The molecule has 6 nitrogen and oxygen atoms in total. The van der Waals surface area contributed by atoms with Crippen LogP contribution in [0.1, 0.15) is 0 Å². The summed E-state index contributed by atoms with van der Waals surface area (Å²) < 4.78 is 21.4. The van der Waals surface area contributed by atoms with Gasteiger partial charge in [-0.25, -0.2) is 14.4 Å². The molecule has 2 aromatic carbocycles. The number of halogens is 1. The van der Waals surface area contributed by atoms with Gasteiger partial charge < -0.3 is 10.1 Å². The fourth-order valence-electron chi connectivity index (χ4n) is 2.81. The highest BCUT2D eigenvalue weighted by Gasteiger charge is 2.14. The molecular formula is C19H16FN5O. The number of methoxy groups -OCH3 is 1. The van der Waals surface area contributed by atoms with Gasteiger partial charge in [-0.15, -0.1) is 0 Å². The van der Waals surface area contributed by atoms with Gasteiger partial charge in [-0.05, 0) is 30.3 Å². The highest BCUT2D eigenvalue weighted by molar-refractivity contribution is 5.83. The quantitative estimate of drug-likeness (QED) is 0.605. The van der Waals surface area contributed by atoms with E-state index in [2.05, 4.69) is 20.4 Å². The van der Waals surface area contributed by atoms with Crippen molar-refractivity contribution in [3.8, 4) is 17.0 Å². The molecule has 1 N–H and O–H groups in total. The van der Waals surface area contributed by atoms with E-state index in [4.69, 9.17) is 4.74 Å². The molecule has 0 radical (unpaired) electrons. The van der Waals surface area contributed by atoms with Crippen molar-refractivity contribution >= 4 is 22.5 Å². The Hall–Kier alpha value is -3.48. The van der Waals surface area contributed by atoms with E-state index in [-0.39, 0.29) is 5.69 Å². The van der Waals surface area contributed by atoms with E-state index in [1.807, 2.05) is 37.4 Å².